The van der Waals surface area contributed by atoms with Crippen LogP contribution in [0.15, 0.2) is 60.7 Å². The third-order valence-electron chi connectivity index (χ3n) is 4.65. The Balaban J connectivity index is 1.93. The minimum absolute atomic E-state index is 0.844. The van der Waals surface area contributed by atoms with Crippen LogP contribution in [0.2, 0.25) is 0 Å². The van der Waals surface area contributed by atoms with Gasteiger partial charge in [-0.2, -0.15) is 0 Å². The first-order valence-corrected chi connectivity index (χ1v) is 7.87. The van der Waals surface area contributed by atoms with Crippen molar-refractivity contribution in [3.8, 4) is 22.3 Å². The summed E-state index contributed by atoms with van der Waals surface area (Å²) in [5, 5.41) is 0. The smallest absolute Gasteiger partial charge is 0.0317 e. The van der Waals surface area contributed by atoms with Crippen LogP contribution in [0.3, 0.4) is 0 Å². The summed E-state index contributed by atoms with van der Waals surface area (Å²) in [6, 6.07) is 21.7. The number of hydrogen-bond donors (Lipinski definition) is 1. The van der Waals surface area contributed by atoms with Gasteiger partial charge in [-0.3, -0.25) is 0 Å². The predicted octanol–water partition coefficient (Wildman–Crippen LogP) is 5.07. The van der Waals surface area contributed by atoms with Crippen molar-refractivity contribution < 1.29 is 0 Å². The summed E-state index contributed by atoms with van der Waals surface area (Å²) in [7, 11) is 0. The van der Waals surface area contributed by atoms with E-state index in [9.17, 15) is 0 Å². The fourth-order valence-corrected chi connectivity index (χ4v) is 3.58. The molecule has 108 valence electrons. The Hall–Kier alpha value is -2.54. The number of hydrogen-bond acceptors (Lipinski definition) is 1. The predicted molar refractivity (Wildman–Crippen MR) is 93.9 cm³/mol. The first-order chi connectivity index (χ1) is 10.8. The van der Waals surface area contributed by atoms with Gasteiger partial charge in [-0.1, -0.05) is 55.5 Å². The fourth-order valence-electron chi connectivity index (χ4n) is 3.58. The molecular weight excluding hydrogens is 266 g/mol. The van der Waals surface area contributed by atoms with E-state index in [4.69, 9.17) is 5.73 Å². The van der Waals surface area contributed by atoms with Crippen molar-refractivity contribution in [2.75, 3.05) is 5.73 Å². The normalized spacial score (nSPS) is 12.0. The van der Waals surface area contributed by atoms with Gasteiger partial charge < -0.3 is 5.73 Å². The van der Waals surface area contributed by atoms with E-state index < -0.39 is 0 Å². The zero-order chi connectivity index (χ0) is 15.1. The van der Waals surface area contributed by atoms with Crippen LogP contribution < -0.4 is 5.73 Å². The monoisotopic (exact) mass is 285 g/mol. The number of nitrogen functional groups attached to an aromatic ring is 1. The van der Waals surface area contributed by atoms with Gasteiger partial charge in [0.05, 0.1) is 0 Å². The van der Waals surface area contributed by atoms with Crippen LogP contribution in [0.4, 0.5) is 5.69 Å². The van der Waals surface area contributed by atoms with Crippen molar-refractivity contribution in [3.05, 3.63) is 77.4 Å². The van der Waals surface area contributed by atoms with Gasteiger partial charge in [0, 0.05) is 5.69 Å². The number of rotatable bonds is 2. The maximum atomic E-state index is 5.96. The van der Waals surface area contributed by atoms with Gasteiger partial charge in [0.25, 0.3) is 0 Å². The lowest BCUT2D eigenvalue weighted by molar-refractivity contribution is 1.14. The Morgan fingerprint density at radius 1 is 0.818 bits per heavy atom. The van der Waals surface area contributed by atoms with Gasteiger partial charge in [0.15, 0.2) is 0 Å². The zero-order valence-corrected chi connectivity index (χ0v) is 12.8. The molecule has 0 atom stereocenters. The number of aryl methyl sites for hydroxylation is 1. The average molecular weight is 285 g/mol. The molecule has 0 heterocycles. The van der Waals surface area contributed by atoms with Crippen molar-refractivity contribution in [2.24, 2.45) is 0 Å². The van der Waals surface area contributed by atoms with Crippen molar-refractivity contribution >= 4 is 5.69 Å². The highest BCUT2D eigenvalue weighted by Crippen LogP contribution is 2.42. The second-order valence-corrected chi connectivity index (χ2v) is 5.94. The lowest BCUT2D eigenvalue weighted by atomic mass is 9.91. The molecule has 1 aliphatic rings. The minimum atomic E-state index is 0.844. The maximum absolute atomic E-state index is 5.96. The summed E-state index contributed by atoms with van der Waals surface area (Å²) >= 11 is 0. The molecule has 22 heavy (non-hydrogen) atoms. The van der Waals surface area contributed by atoms with E-state index >= 15 is 0 Å². The molecule has 0 radical (unpaired) electrons. The lowest BCUT2D eigenvalue weighted by Crippen LogP contribution is -1.95. The molecule has 0 saturated carbocycles. The average Bonchev–Trinajstić information content (AvgIpc) is 2.93. The lowest BCUT2D eigenvalue weighted by Gasteiger charge is -2.13. The van der Waals surface area contributed by atoms with E-state index in [1.54, 1.807) is 0 Å². The van der Waals surface area contributed by atoms with Crippen molar-refractivity contribution in [2.45, 2.75) is 19.8 Å². The van der Waals surface area contributed by atoms with Crippen molar-refractivity contribution in [1.82, 2.24) is 0 Å². The Kier molecular flexibility index (Phi) is 3.00. The Morgan fingerprint density at radius 3 is 2.36 bits per heavy atom. The highest BCUT2D eigenvalue weighted by atomic mass is 14.5. The highest BCUT2D eigenvalue weighted by Gasteiger charge is 2.21. The van der Waals surface area contributed by atoms with Gasteiger partial charge in [-0.05, 0) is 63.9 Å². The van der Waals surface area contributed by atoms with E-state index in [2.05, 4.69) is 61.5 Å². The summed E-state index contributed by atoms with van der Waals surface area (Å²) < 4.78 is 0. The highest BCUT2D eigenvalue weighted by molar-refractivity contribution is 5.85. The van der Waals surface area contributed by atoms with Crippen LogP contribution in [0.5, 0.6) is 0 Å². The second kappa shape index (κ2) is 5.03. The minimum Gasteiger partial charge on any atom is -0.399 e. The summed E-state index contributed by atoms with van der Waals surface area (Å²) in [5.41, 5.74) is 16.4. The molecule has 1 heteroatoms. The Labute approximate surface area is 131 Å². The molecule has 0 saturated heterocycles. The molecule has 0 amide bonds. The molecule has 3 aromatic rings. The zero-order valence-electron chi connectivity index (χ0n) is 12.8. The van der Waals surface area contributed by atoms with E-state index in [0.29, 0.717) is 0 Å². The van der Waals surface area contributed by atoms with E-state index in [1.165, 1.54) is 38.9 Å². The molecule has 0 bridgehead atoms. The third kappa shape index (κ3) is 1.93. The number of nitrogens with two attached hydrogens (primary N) is 1. The first kappa shape index (κ1) is 13.1. The Bertz CT molecular complexity index is 862. The molecule has 0 unspecified atom stereocenters. The standard InChI is InChI=1S/C21H19N/c1-2-14-12-16(22)10-11-18(14)20-9-5-8-19-17-7-4-3-6-15(17)13-21(19)20/h3-12H,2,13,22H2,1H3. The van der Waals surface area contributed by atoms with Crippen molar-refractivity contribution in [3.63, 3.8) is 0 Å². The van der Waals surface area contributed by atoms with Crippen LogP contribution >= 0.6 is 0 Å². The number of anilines is 1. The molecule has 1 aliphatic carbocycles. The van der Waals surface area contributed by atoms with Gasteiger partial charge in [0.2, 0.25) is 0 Å². The Morgan fingerprint density at radius 2 is 1.55 bits per heavy atom. The van der Waals surface area contributed by atoms with E-state index in [1.807, 2.05) is 6.07 Å². The third-order valence-corrected chi connectivity index (χ3v) is 4.65. The fraction of sp³-hybridized carbons (Fsp3) is 0.143. The van der Waals surface area contributed by atoms with Crippen molar-refractivity contribution in [1.29, 1.82) is 0 Å². The van der Waals surface area contributed by atoms with Crippen LogP contribution in [0, 0.1) is 0 Å². The first-order valence-electron chi connectivity index (χ1n) is 7.87. The molecule has 2 N–H and O–H groups in total. The molecule has 0 spiro atoms. The summed E-state index contributed by atoms with van der Waals surface area (Å²) in [6.45, 7) is 2.19. The largest absolute Gasteiger partial charge is 0.399 e. The van der Waals surface area contributed by atoms with Gasteiger partial charge in [-0.15, -0.1) is 0 Å². The van der Waals surface area contributed by atoms with E-state index in [0.717, 1.165) is 18.5 Å². The molecule has 0 fully saturated rings. The quantitative estimate of drug-likeness (QED) is 0.511. The second-order valence-electron chi connectivity index (χ2n) is 5.94. The molecule has 1 nitrogen and oxygen atoms in total. The SMILES string of the molecule is CCc1cc(N)ccc1-c1cccc2c1Cc1ccccc1-2. The molecular formula is C21H19N. The van der Waals surface area contributed by atoms with Gasteiger partial charge in [0.1, 0.15) is 0 Å². The maximum Gasteiger partial charge on any atom is 0.0317 e. The summed E-state index contributed by atoms with van der Waals surface area (Å²) in [6.07, 6.45) is 2.02. The molecule has 0 aromatic heterocycles. The number of fused-ring (bicyclic) bond motifs is 3. The molecule has 4 rings (SSSR count). The summed E-state index contributed by atoms with van der Waals surface area (Å²) in [5.74, 6) is 0. The molecule has 3 aromatic carbocycles. The molecule has 0 aliphatic heterocycles. The van der Waals surface area contributed by atoms with Crippen LogP contribution in [-0.4, -0.2) is 0 Å². The van der Waals surface area contributed by atoms with Crippen LogP contribution in [-0.2, 0) is 12.8 Å². The van der Waals surface area contributed by atoms with Gasteiger partial charge in [-0.25, -0.2) is 0 Å². The van der Waals surface area contributed by atoms with E-state index in [-0.39, 0.29) is 0 Å². The summed E-state index contributed by atoms with van der Waals surface area (Å²) in [4.78, 5) is 0. The van der Waals surface area contributed by atoms with Crippen LogP contribution in [0.1, 0.15) is 23.6 Å². The van der Waals surface area contributed by atoms with Crippen LogP contribution in [0.25, 0.3) is 22.3 Å². The topological polar surface area (TPSA) is 26.0 Å². The van der Waals surface area contributed by atoms with Gasteiger partial charge >= 0.3 is 0 Å². The number of benzene rings is 3.